The molecule has 0 radical (unpaired) electrons. The summed E-state index contributed by atoms with van der Waals surface area (Å²) in [6.07, 6.45) is 24.5. The van der Waals surface area contributed by atoms with Gasteiger partial charge in [-0.2, -0.15) is 0 Å². The first kappa shape index (κ1) is 19.5. The third-order valence-corrected chi connectivity index (χ3v) is 4.41. The Kier molecular flexibility index (Phi) is 18.9. The van der Waals surface area contributed by atoms with Gasteiger partial charge in [-0.1, -0.05) is 99.5 Å². The van der Waals surface area contributed by atoms with E-state index >= 15 is 0 Å². The molecule has 0 bridgehead atoms. The molecule has 0 N–H and O–H groups in total. The largest absolute Gasteiger partial charge is 0.0885 e. The van der Waals surface area contributed by atoms with Crippen LogP contribution in [-0.2, 0) is 0 Å². The number of alkyl halides is 1. The molecule has 0 rings (SSSR count). The third kappa shape index (κ3) is 18.5. The fourth-order valence-corrected chi connectivity index (χ4v) is 2.88. The van der Waals surface area contributed by atoms with Gasteiger partial charge in [0, 0.05) is 0 Å². The monoisotopic (exact) mass is 378 g/mol. The van der Waals surface area contributed by atoms with E-state index in [1.165, 1.54) is 94.3 Å². The Bertz CT molecular complexity index is 175. The van der Waals surface area contributed by atoms with Crippen LogP contribution in [-0.4, -0.2) is 4.43 Å². The van der Waals surface area contributed by atoms with E-state index in [-0.39, 0.29) is 0 Å². The second-order valence-corrected chi connectivity index (χ2v) is 6.71. The highest BCUT2D eigenvalue weighted by atomic mass is 127. The number of hydrogen-bond donors (Lipinski definition) is 0. The zero-order valence-electron chi connectivity index (χ0n) is 13.1. The van der Waals surface area contributed by atoms with Crippen LogP contribution in [0, 0.1) is 0 Å². The molecular formula is C18H35I. The Morgan fingerprint density at radius 2 is 1.00 bits per heavy atom. The summed E-state index contributed by atoms with van der Waals surface area (Å²) < 4.78 is 1.33. The Hall–Kier alpha value is 0.470. The lowest BCUT2D eigenvalue weighted by Gasteiger charge is -1.99. The number of rotatable bonds is 15. The van der Waals surface area contributed by atoms with Crippen molar-refractivity contribution in [3.05, 3.63) is 12.2 Å². The van der Waals surface area contributed by atoms with E-state index in [0.717, 1.165) is 0 Å². The summed E-state index contributed by atoms with van der Waals surface area (Å²) in [4.78, 5) is 0. The number of hydrogen-bond acceptors (Lipinski definition) is 0. The lowest BCUT2D eigenvalue weighted by Crippen LogP contribution is -1.80. The van der Waals surface area contributed by atoms with E-state index in [0.29, 0.717) is 0 Å². The number of unbranched alkanes of at least 4 members (excludes halogenated alkanes) is 12. The summed E-state index contributed by atoms with van der Waals surface area (Å²) >= 11 is 2.48. The van der Waals surface area contributed by atoms with Gasteiger partial charge in [-0.15, -0.1) is 0 Å². The van der Waals surface area contributed by atoms with Gasteiger partial charge < -0.3 is 0 Å². The normalized spacial score (nSPS) is 11.5. The summed E-state index contributed by atoms with van der Waals surface area (Å²) in [5.74, 6) is 0. The maximum atomic E-state index is 2.48. The van der Waals surface area contributed by atoms with Crippen LogP contribution in [0.2, 0.25) is 0 Å². The van der Waals surface area contributed by atoms with Gasteiger partial charge in [0.05, 0.1) is 0 Å². The lowest BCUT2D eigenvalue weighted by molar-refractivity contribution is 0.608. The Morgan fingerprint density at radius 1 is 0.579 bits per heavy atom. The molecule has 0 atom stereocenters. The highest BCUT2D eigenvalue weighted by molar-refractivity contribution is 14.1. The van der Waals surface area contributed by atoms with Crippen molar-refractivity contribution in [2.75, 3.05) is 4.43 Å². The van der Waals surface area contributed by atoms with Crippen molar-refractivity contribution in [2.24, 2.45) is 0 Å². The van der Waals surface area contributed by atoms with Crippen LogP contribution in [0.1, 0.15) is 96.8 Å². The zero-order valence-corrected chi connectivity index (χ0v) is 15.3. The predicted molar refractivity (Wildman–Crippen MR) is 98.3 cm³/mol. The Labute approximate surface area is 136 Å². The van der Waals surface area contributed by atoms with Crippen LogP contribution in [0.25, 0.3) is 0 Å². The average Bonchev–Trinajstić information content (AvgIpc) is 2.43. The van der Waals surface area contributed by atoms with Crippen LogP contribution < -0.4 is 0 Å². The first-order valence-corrected chi connectivity index (χ1v) is 10.1. The molecule has 0 aromatic heterocycles. The molecule has 0 heterocycles. The molecule has 0 fully saturated rings. The SMILES string of the molecule is CCCCCCCC/C=C/CCCCCCCCI. The van der Waals surface area contributed by atoms with Crippen molar-refractivity contribution in [1.29, 1.82) is 0 Å². The molecule has 0 unspecified atom stereocenters. The molecule has 0 saturated carbocycles. The summed E-state index contributed by atoms with van der Waals surface area (Å²) in [6.45, 7) is 2.28. The Morgan fingerprint density at radius 3 is 1.47 bits per heavy atom. The van der Waals surface area contributed by atoms with Crippen LogP contribution in [0.5, 0.6) is 0 Å². The summed E-state index contributed by atoms with van der Waals surface area (Å²) in [7, 11) is 0. The van der Waals surface area contributed by atoms with Crippen molar-refractivity contribution < 1.29 is 0 Å². The van der Waals surface area contributed by atoms with Gasteiger partial charge >= 0.3 is 0 Å². The van der Waals surface area contributed by atoms with Crippen LogP contribution in [0.15, 0.2) is 12.2 Å². The van der Waals surface area contributed by atoms with Gasteiger partial charge in [0.1, 0.15) is 0 Å². The molecule has 0 aliphatic carbocycles. The predicted octanol–water partition coefficient (Wildman–Crippen LogP) is 7.46. The molecule has 19 heavy (non-hydrogen) atoms. The van der Waals surface area contributed by atoms with Crippen molar-refractivity contribution >= 4 is 22.6 Å². The van der Waals surface area contributed by atoms with Gasteiger partial charge in [-0.05, 0) is 36.5 Å². The van der Waals surface area contributed by atoms with Crippen molar-refractivity contribution in [3.63, 3.8) is 0 Å². The minimum absolute atomic E-state index is 1.31. The molecule has 1 heteroatoms. The molecule has 0 aromatic carbocycles. The van der Waals surface area contributed by atoms with Crippen molar-refractivity contribution in [3.8, 4) is 0 Å². The first-order chi connectivity index (χ1) is 9.41. The summed E-state index contributed by atoms with van der Waals surface area (Å²) in [6, 6.07) is 0. The van der Waals surface area contributed by atoms with Crippen LogP contribution in [0.3, 0.4) is 0 Å². The zero-order chi connectivity index (χ0) is 14.0. The minimum atomic E-state index is 1.31. The minimum Gasteiger partial charge on any atom is -0.0885 e. The van der Waals surface area contributed by atoms with E-state index in [4.69, 9.17) is 0 Å². The van der Waals surface area contributed by atoms with Crippen molar-refractivity contribution in [1.82, 2.24) is 0 Å². The molecule has 0 aromatic rings. The maximum Gasteiger partial charge on any atom is -0.000473 e. The first-order valence-electron chi connectivity index (χ1n) is 8.62. The van der Waals surface area contributed by atoms with E-state index in [1.807, 2.05) is 0 Å². The van der Waals surface area contributed by atoms with Gasteiger partial charge in [0.15, 0.2) is 0 Å². The molecule has 0 aliphatic heterocycles. The van der Waals surface area contributed by atoms with E-state index in [2.05, 4.69) is 41.7 Å². The molecular weight excluding hydrogens is 343 g/mol. The second kappa shape index (κ2) is 18.5. The van der Waals surface area contributed by atoms with E-state index < -0.39 is 0 Å². The van der Waals surface area contributed by atoms with Crippen LogP contribution >= 0.6 is 22.6 Å². The smallest absolute Gasteiger partial charge is 0.000473 e. The highest BCUT2D eigenvalue weighted by Crippen LogP contribution is 2.10. The topological polar surface area (TPSA) is 0 Å². The van der Waals surface area contributed by atoms with E-state index in [1.54, 1.807) is 0 Å². The van der Waals surface area contributed by atoms with Gasteiger partial charge in [-0.25, -0.2) is 0 Å². The third-order valence-electron chi connectivity index (χ3n) is 3.65. The standard InChI is InChI=1S/C18H35I/c1-2-3-4-5-6-7-8-9-10-11-12-13-14-15-16-17-18-19/h9-10H,2-8,11-18H2,1H3/b10-9+. The fourth-order valence-electron chi connectivity index (χ4n) is 2.34. The van der Waals surface area contributed by atoms with E-state index in [9.17, 15) is 0 Å². The highest BCUT2D eigenvalue weighted by Gasteiger charge is 1.90. The lowest BCUT2D eigenvalue weighted by atomic mass is 10.1. The van der Waals surface area contributed by atoms with Gasteiger partial charge in [0.25, 0.3) is 0 Å². The van der Waals surface area contributed by atoms with Crippen molar-refractivity contribution in [2.45, 2.75) is 96.8 Å². The molecule has 0 aliphatic rings. The quantitative estimate of drug-likeness (QED) is 0.120. The van der Waals surface area contributed by atoms with Gasteiger partial charge in [-0.3, -0.25) is 0 Å². The Balaban J connectivity index is 3.01. The molecule has 0 nitrogen and oxygen atoms in total. The van der Waals surface area contributed by atoms with Crippen LogP contribution in [0.4, 0.5) is 0 Å². The van der Waals surface area contributed by atoms with Gasteiger partial charge in [0.2, 0.25) is 0 Å². The molecule has 0 amide bonds. The molecule has 114 valence electrons. The maximum absolute atomic E-state index is 2.48. The summed E-state index contributed by atoms with van der Waals surface area (Å²) in [5.41, 5.74) is 0. The average molecular weight is 378 g/mol. The number of allylic oxidation sites excluding steroid dienone is 2. The molecule has 0 saturated heterocycles. The number of halogens is 1. The fraction of sp³-hybridized carbons (Fsp3) is 0.889. The summed E-state index contributed by atoms with van der Waals surface area (Å²) in [5, 5.41) is 0. The molecule has 0 spiro atoms. The second-order valence-electron chi connectivity index (χ2n) is 5.63.